The largest absolute Gasteiger partial charge is 0.457 e. The number of nitrogen functional groups attached to an aromatic ring is 1. The van der Waals surface area contributed by atoms with Crippen LogP contribution in [0.25, 0.3) is 11.1 Å². The lowest BCUT2D eigenvalue weighted by atomic mass is 9.78. The van der Waals surface area contributed by atoms with Crippen molar-refractivity contribution in [2.45, 2.75) is 25.7 Å². The Bertz CT molecular complexity index is 1300. The van der Waals surface area contributed by atoms with Gasteiger partial charge in [0.25, 0.3) is 0 Å². The first-order chi connectivity index (χ1) is 15.6. The average molecular weight is 422 g/mol. The lowest BCUT2D eigenvalue weighted by Gasteiger charge is -2.26. The van der Waals surface area contributed by atoms with E-state index in [4.69, 9.17) is 10.5 Å². The van der Waals surface area contributed by atoms with Gasteiger partial charge in [-0.1, -0.05) is 60.7 Å². The second kappa shape index (κ2) is 8.27. The summed E-state index contributed by atoms with van der Waals surface area (Å²) in [4.78, 5) is 21.6. The van der Waals surface area contributed by atoms with Crippen LogP contribution >= 0.6 is 0 Å². The Labute approximate surface area is 186 Å². The molecule has 0 aliphatic heterocycles. The van der Waals surface area contributed by atoms with Crippen LogP contribution in [-0.2, 0) is 6.42 Å². The predicted molar refractivity (Wildman–Crippen MR) is 125 cm³/mol. The molecule has 1 atom stereocenters. The molecule has 0 amide bonds. The quantitative estimate of drug-likeness (QED) is 0.455. The number of benzene rings is 3. The van der Waals surface area contributed by atoms with Crippen LogP contribution in [0.1, 0.15) is 39.6 Å². The molecule has 158 valence electrons. The Balaban J connectivity index is 1.56. The van der Waals surface area contributed by atoms with Crippen LogP contribution in [0.15, 0.2) is 78.9 Å². The van der Waals surface area contributed by atoms with Gasteiger partial charge in [-0.25, -0.2) is 9.97 Å². The second-order valence-electron chi connectivity index (χ2n) is 8.02. The molecule has 5 rings (SSSR count). The van der Waals surface area contributed by atoms with Gasteiger partial charge >= 0.3 is 0 Å². The fourth-order valence-corrected chi connectivity index (χ4v) is 4.51. The summed E-state index contributed by atoms with van der Waals surface area (Å²) in [6.07, 6.45) is 1.06. The number of para-hydroxylation sites is 2. The number of aryl methyl sites for hydroxylation is 1. The number of anilines is 1. The van der Waals surface area contributed by atoms with Crippen molar-refractivity contribution >= 4 is 11.7 Å². The molecule has 0 fully saturated rings. The van der Waals surface area contributed by atoms with Crippen LogP contribution in [0.5, 0.6) is 11.5 Å². The Morgan fingerprint density at radius 3 is 2.34 bits per heavy atom. The van der Waals surface area contributed by atoms with Crippen molar-refractivity contribution in [2.75, 3.05) is 5.73 Å². The smallest absolute Gasteiger partial charge is 0.220 e. The van der Waals surface area contributed by atoms with Crippen LogP contribution in [0.3, 0.4) is 0 Å². The monoisotopic (exact) mass is 421 g/mol. The van der Waals surface area contributed by atoms with Crippen molar-refractivity contribution < 1.29 is 9.53 Å². The van der Waals surface area contributed by atoms with Crippen LogP contribution in [0.4, 0.5) is 5.95 Å². The summed E-state index contributed by atoms with van der Waals surface area (Å²) in [5, 5.41) is 0. The molecule has 4 aromatic rings. The van der Waals surface area contributed by atoms with Crippen molar-refractivity contribution in [1.29, 1.82) is 0 Å². The van der Waals surface area contributed by atoms with Crippen molar-refractivity contribution in [1.82, 2.24) is 9.97 Å². The molecule has 1 aliphatic rings. The van der Waals surface area contributed by atoms with E-state index in [0.29, 0.717) is 24.1 Å². The zero-order valence-electron chi connectivity index (χ0n) is 17.8. The molecule has 0 bridgehead atoms. The SMILES string of the molecule is Cc1nc(N)nc2c1C(=O)CC(c1ccccc1-c1ccccc1Oc1ccccc1)C2. The minimum absolute atomic E-state index is 0.00433. The normalized spacial score (nSPS) is 15.3. The van der Waals surface area contributed by atoms with E-state index < -0.39 is 0 Å². The van der Waals surface area contributed by atoms with Gasteiger partial charge in [-0.15, -0.1) is 0 Å². The third kappa shape index (κ3) is 3.73. The molecule has 5 nitrogen and oxygen atoms in total. The van der Waals surface area contributed by atoms with Gasteiger partial charge in [-0.05, 0) is 48.6 Å². The summed E-state index contributed by atoms with van der Waals surface area (Å²) in [5.74, 6) is 1.84. The number of nitrogens with two attached hydrogens (primary N) is 1. The fraction of sp³-hybridized carbons (Fsp3) is 0.148. The second-order valence-corrected chi connectivity index (χ2v) is 8.02. The summed E-state index contributed by atoms with van der Waals surface area (Å²) in [7, 11) is 0. The highest BCUT2D eigenvalue weighted by Gasteiger charge is 2.31. The number of hydrogen-bond acceptors (Lipinski definition) is 5. The van der Waals surface area contributed by atoms with Gasteiger partial charge in [0.15, 0.2) is 5.78 Å². The topological polar surface area (TPSA) is 78.1 Å². The summed E-state index contributed by atoms with van der Waals surface area (Å²) >= 11 is 0. The number of fused-ring (bicyclic) bond motifs is 1. The van der Waals surface area contributed by atoms with Gasteiger partial charge in [-0.2, -0.15) is 0 Å². The zero-order valence-corrected chi connectivity index (χ0v) is 17.8. The maximum absolute atomic E-state index is 13.0. The van der Waals surface area contributed by atoms with Gasteiger partial charge in [0.1, 0.15) is 11.5 Å². The molecule has 1 aromatic heterocycles. The highest BCUT2D eigenvalue weighted by atomic mass is 16.5. The average Bonchev–Trinajstić information content (AvgIpc) is 2.79. The Kier molecular flexibility index (Phi) is 5.15. The third-order valence-corrected chi connectivity index (χ3v) is 5.88. The van der Waals surface area contributed by atoms with Crippen LogP contribution in [0, 0.1) is 6.92 Å². The first-order valence-corrected chi connectivity index (χ1v) is 10.7. The Morgan fingerprint density at radius 2 is 1.53 bits per heavy atom. The van der Waals surface area contributed by atoms with Gasteiger partial charge in [0.2, 0.25) is 5.95 Å². The van der Waals surface area contributed by atoms with E-state index >= 15 is 0 Å². The molecule has 0 saturated carbocycles. The molecule has 2 N–H and O–H groups in total. The number of carbonyl (C=O) groups excluding carboxylic acids is 1. The minimum atomic E-state index is 0.00433. The van der Waals surface area contributed by atoms with Crippen molar-refractivity contribution in [3.05, 3.63) is 101 Å². The molecule has 5 heteroatoms. The highest BCUT2D eigenvalue weighted by molar-refractivity contribution is 6.00. The number of aromatic nitrogens is 2. The molecule has 0 spiro atoms. The number of nitrogens with zero attached hydrogens (tertiary/aromatic N) is 2. The minimum Gasteiger partial charge on any atom is -0.457 e. The lowest BCUT2D eigenvalue weighted by Crippen LogP contribution is -2.23. The van der Waals surface area contributed by atoms with Gasteiger partial charge in [-0.3, -0.25) is 4.79 Å². The summed E-state index contributed by atoms with van der Waals surface area (Å²) in [6, 6.07) is 25.9. The van der Waals surface area contributed by atoms with Gasteiger partial charge < -0.3 is 10.5 Å². The number of hydrogen-bond donors (Lipinski definition) is 1. The Morgan fingerprint density at radius 1 is 0.844 bits per heavy atom. The predicted octanol–water partition coefficient (Wildman–Crippen LogP) is 5.74. The number of carbonyl (C=O) groups is 1. The standard InChI is InChI=1S/C27H23N3O2/c1-17-26-23(30-27(28)29-17)15-18(16-24(26)31)20-11-5-6-12-21(20)22-13-7-8-14-25(22)32-19-9-3-2-4-10-19/h2-14,18H,15-16H2,1H3,(H2,28,29,30). The van der Waals surface area contributed by atoms with Gasteiger partial charge in [0, 0.05) is 12.0 Å². The van der Waals surface area contributed by atoms with E-state index in [0.717, 1.165) is 33.9 Å². The van der Waals surface area contributed by atoms with E-state index in [-0.39, 0.29) is 17.6 Å². The summed E-state index contributed by atoms with van der Waals surface area (Å²) < 4.78 is 6.21. The van der Waals surface area contributed by atoms with Crippen molar-refractivity contribution in [3.63, 3.8) is 0 Å². The maximum atomic E-state index is 13.0. The number of ether oxygens (including phenoxy) is 1. The first-order valence-electron chi connectivity index (χ1n) is 10.7. The van der Waals surface area contributed by atoms with E-state index in [1.807, 2.05) is 67.6 Å². The molecule has 1 aliphatic carbocycles. The molecule has 32 heavy (non-hydrogen) atoms. The molecule has 3 aromatic carbocycles. The highest BCUT2D eigenvalue weighted by Crippen LogP contribution is 2.41. The fourth-order valence-electron chi connectivity index (χ4n) is 4.51. The molecular formula is C27H23N3O2. The van der Waals surface area contributed by atoms with E-state index in [9.17, 15) is 4.79 Å². The van der Waals surface area contributed by atoms with Gasteiger partial charge in [0.05, 0.1) is 17.0 Å². The third-order valence-electron chi connectivity index (χ3n) is 5.88. The van der Waals surface area contributed by atoms with E-state index in [1.54, 1.807) is 0 Å². The molecule has 1 unspecified atom stereocenters. The maximum Gasteiger partial charge on any atom is 0.220 e. The van der Waals surface area contributed by atoms with Crippen LogP contribution in [-0.4, -0.2) is 15.8 Å². The summed E-state index contributed by atoms with van der Waals surface area (Å²) in [5.41, 5.74) is 11.0. The van der Waals surface area contributed by atoms with Crippen LogP contribution in [0.2, 0.25) is 0 Å². The molecule has 0 radical (unpaired) electrons. The van der Waals surface area contributed by atoms with Crippen molar-refractivity contribution in [3.8, 4) is 22.6 Å². The molecule has 1 heterocycles. The van der Waals surface area contributed by atoms with E-state index in [1.165, 1.54) is 0 Å². The lowest BCUT2D eigenvalue weighted by molar-refractivity contribution is 0.0962. The van der Waals surface area contributed by atoms with Crippen molar-refractivity contribution in [2.24, 2.45) is 0 Å². The first kappa shape index (κ1) is 19.9. The Hall–Kier alpha value is -3.99. The van der Waals surface area contributed by atoms with E-state index in [2.05, 4.69) is 28.2 Å². The molecule has 0 saturated heterocycles. The van der Waals surface area contributed by atoms with Crippen LogP contribution < -0.4 is 10.5 Å². The zero-order chi connectivity index (χ0) is 22.1. The molecular weight excluding hydrogens is 398 g/mol. The number of ketones is 1. The number of rotatable bonds is 4. The number of Topliss-reactive ketones (excluding diaryl/α,β-unsaturated/α-hetero) is 1. The summed E-state index contributed by atoms with van der Waals surface area (Å²) in [6.45, 7) is 1.82.